The third-order valence-electron chi connectivity index (χ3n) is 5.94. The molecule has 31 heavy (non-hydrogen) atoms. The molecule has 2 aromatic carbocycles. The fraction of sp³-hybridized carbons (Fsp3) is 0.269. The Morgan fingerprint density at radius 2 is 1.81 bits per heavy atom. The molecular weight excluding hydrogens is 404 g/mol. The van der Waals surface area contributed by atoms with Gasteiger partial charge in [-0.15, -0.1) is 11.3 Å². The molecule has 0 bridgehead atoms. The Bertz CT molecular complexity index is 1100. The van der Waals surface area contributed by atoms with Gasteiger partial charge < -0.3 is 15.4 Å². The molecule has 0 spiro atoms. The van der Waals surface area contributed by atoms with Crippen LogP contribution in [-0.4, -0.2) is 12.4 Å². The first-order valence-electron chi connectivity index (χ1n) is 10.9. The van der Waals surface area contributed by atoms with E-state index in [0.29, 0.717) is 13.0 Å². The summed E-state index contributed by atoms with van der Waals surface area (Å²) in [6, 6.07) is 20.3. The Labute approximate surface area is 187 Å². The van der Waals surface area contributed by atoms with Gasteiger partial charge in [-0.05, 0) is 54.1 Å². The summed E-state index contributed by atoms with van der Waals surface area (Å²) in [5, 5.41) is 9.33. The van der Waals surface area contributed by atoms with Crippen molar-refractivity contribution >= 4 is 28.5 Å². The van der Waals surface area contributed by atoms with Crippen molar-refractivity contribution in [2.45, 2.75) is 38.1 Å². The topological polar surface area (TPSA) is 50.4 Å². The van der Waals surface area contributed by atoms with Gasteiger partial charge in [-0.25, -0.2) is 0 Å². The highest BCUT2D eigenvalue weighted by atomic mass is 32.1. The minimum atomic E-state index is -0.192. The number of allylic oxidation sites excluding steroid dienone is 1. The Kier molecular flexibility index (Phi) is 5.51. The van der Waals surface area contributed by atoms with Crippen LogP contribution in [0.25, 0.3) is 0 Å². The summed E-state index contributed by atoms with van der Waals surface area (Å²) in [6.07, 6.45) is 2.36. The van der Waals surface area contributed by atoms with Crippen molar-refractivity contribution in [1.29, 1.82) is 0 Å². The Morgan fingerprint density at radius 3 is 2.55 bits per heavy atom. The molecule has 158 valence electrons. The van der Waals surface area contributed by atoms with E-state index in [1.165, 1.54) is 4.88 Å². The Balaban J connectivity index is 1.54. The summed E-state index contributed by atoms with van der Waals surface area (Å²) < 4.78 is 5.75. The van der Waals surface area contributed by atoms with Crippen molar-refractivity contribution in [3.8, 4) is 5.75 Å². The summed E-state index contributed by atoms with van der Waals surface area (Å²) in [6.45, 7) is 2.80. The fourth-order valence-electron chi connectivity index (χ4n) is 4.44. The number of fused-ring (bicyclic) bond motifs is 1. The van der Waals surface area contributed by atoms with Gasteiger partial charge in [0, 0.05) is 28.5 Å². The van der Waals surface area contributed by atoms with E-state index in [2.05, 4.69) is 59.3 Å². The van der Waals surface area contributed by atoms with Gasteiger partial charge in [0.15, 0.2) is 5.78 Å². The molecule has 4 nitrogen and oxygen atoms in total. The van der Waals surface area contributed by atoms with Crippen LogP contribution in [0, 0.1) is 0 Å². The van der Waals surface area contributed by atoms with Crippen LogP contribution in [0.3, 0.4) is 0 Å². The molecule has 1 aliphatic heterocycles. The summed E-state index contributed by atoms with van der Waals surface area (Å²) in [4.78, 5) is 14.8. The van der Waals surface area contributed by atoms with Crippen LogP contribution >= 0.6 is 11.3 Å². The molecule has 2 N–H and O–H groups in total. The second-order valence-electron chi connectivity index (χ2n) is 8.10. The molecule has 0 unspecified atom stereocenters. The second-order valence-corrected chi connectivity index (χ2v) is 9.08. The lowest BCUT2D eigenvalue weighted by molar-refractivity contribution is -0.116. The van der Waals surface area contributed by atoms with Crippen molar-refractivity contribution < 1.29 is 9.53 Å². The summed E-state index contributed by atoms with van der Waals surface area (Å²) in [5.41, 5.74) is 4.97. The van der Waals surface area contributed by atoms with Crippen LogP contribution in [-0.2, 0) is 4.79 Å². The van der Waals surface area contributed by atoms with E-state index in [1.54, 1.807) is 11.3 Å². The molecule has 2 aliphatic rings. The van der Waals surface area contributed by atoms with E-state index in [9.17, 15) is 4.79 Å². The first-order valence-corrected chi connectivity index (χ1v) is 11.8. The average molecular weight is 431 g/mol. The maximum atomic E-state index is 13.5. The molecule has 0 amide bonds. The van der Waals surface area contributed by atoms with E-state index >= 15 is 0 Å². The maximum absolute atomic E-state index is 13.5. The molecule has 1 aliphatic carbocycles. The number of anilines is 2. The van der Waals surface area contributed by atoms with Gasteiger partial charge in [-0.3, -0.25) is 4.79 Å². The molecule has 0 saturated carbocycles. The molecule has 0 saturated heterocycles. The molecule has 5 rings (SSSR count). The molecule has 0 radical (unpaired) electrons. The summed E-state index contributed by atoms with van der Waals surface area (Å²) >= 11 is 1.73. The molecule has 3 aromatic rings. The lowest BCUT2D eigenvalue weighted by Gasteiger charge is -2.29. The SMILES string of the molecule is CCCOc1ccc([C@H]2Nc3ccccc3NC3=C2C(=O)C[C@@H](c2cccs2)C3)cc1. The highest BCUT2D eigenvalue weighted by molar-refractivity contribution is 7.10. The number of carbonyl (C=O) groups is 1. The first kappa shape index (κ1) is 19.9. The summed E-state index contributed by atoms with van der Waals surface area (Å²) in [5.74, 6) is 1.30. The fourth-order valence-corrected chi connectivity index (χ4v) is 5.27. The highest BCUT2D eigenvalue weighted by Crippen LogP contribution is 2.44. The van der Waals surface area contributed by atoms with Crippen LogP contribution < -0.4 is 15.4 Å². The minimum Gasteiger partial charge on any atom is -0.494 e. The molecule has 1 aromatic heterocycles. The number of Topliss-reactive ketones (excluding diaryl/α,β-unsaturated/α-hetero) is 1. The maximum Gasteiger partial charge on any atom is 0.163 e. The normalized spacial score (nSPS) is 20.2. The van der Waals surface area contributed by atoms with Crippen LogP contribution in [0.1, 0.15) is 48.6 Å². The number of thiophene rings is 1. The second kappa shape index (κ2) is 8.60. The van der Waals surface area contributed by atoms with E-state index < -0.39 is 0 Å². The lowest BCUT2D eigenvalue weighted by Crippen LogP contribution is -2.26. The molecular formula is C26H26N2O2S. The van der Waals surface area contributed by atoms with Gasteiger partial charge in [0.25, 0.3) is 0 Å². The van der Waals surface area contributed by atoms with E-state index in [0.717, 1.165) is 46.8 Å². The number of ether oxygens (including phenoxy) is 1. The van der Waals surface area contributed by atoms with Crippen molar-refractivity contribution in [3.05, 3.63) is 87.8 Å². The monoisotopic (exact) mass is 430 g/mol. The van der Waals surface area contributed by atoms with Crippen LogP contribution in [0.2, 0.25) is 0 Å². The predicted octanol–water partition coefficient (Wildman–Crippen LogP) is 6.52. The zero-order chi connectivity index (χ0) is 21.2. The number of rotatable bonds is 5. The number of nitrogens with one attached hydrogen (secondary N) is 2. The highest BCUT2D eigenvalue weighted by Gasteiger charge is 2.36. The standard InChI is InChI=1S/C26H26N2O2S/c1-2-13-30-19-11-9-17(10-12-19)26-25-22(27-20-6-3-4-7-21(20)28-26)15-18(16-23(25)29)24-8-5-14-31-24/h3-12,14,18,26-28H,2,13,15-16H2,1H3/t18-,26+/m0/s1. The largest absolute Gasteiger partial charge is 0.494 e. The van der Waals surface area contributed by atoms with Gasteiger partial charge in [-0.1, -0.05) is 37.3 Å². The van der Waals surface area contributed by atoms with Gasteiger partial charge in [0.05, 0.1) is 24.0 Å². The number of ketones is 1. The van der Waals surface area contributed by atoms with Gasteiger partial charge >= 0.3 is 0 Å². The number of para-hydroxylation sites is 2. The third kappa shape index (κ3) is 3.98. The van der Waals surface area contributed by atoms with Gasteiger partial charge in [0.1, 0.15) is 5.75 Å². The van der Waals surface area contributed by atoms with Crippen molar-refractivity contribution in [2.75, 3.05) is 17.2 Å². The number of benzene rings is 2. The van der Waals surface area contributed by atoms with Crippen molar-refractivity contribution in [3.63, 3.8) is 0 Å². The zero-order valence-electron chi connectivity index (χ0n) is 17.6. The van der Waals surface area contributed by atoms with Crippen molar-refractivity contribution in [2.24, 2.45) is 0 Å². The predicted molar refractivity (Wildman–Crippen MR) is 127 cm³/mol. The average Bonchev–Trinajstić information content (AvgIpc) is 3.27. The minimum absolute atomic E-state index is 0.192. The molecule has 0 fully saturated rings. The lowest BCUT2D eigenvalue weighted by atomic mass is 9.81. The van der Waals surface area contributed by atoms with Crippen LogP contribution in [0.4, 0.5) is 11.4 Å². The molecule has 5 heteroatoms. The Morgan fingerprint density at radius 1 is 1.00 bits per heavy atom. The Hall–Kier alpha value is -3.05. The smallest absolute Gasteiger partial charge is 0.163 e. The van der Waals surface area contributed by atoms with E-state index in [-0.39, 0.29) is 17.7 Å². The quantitative estimate of drug-likeness (QED) is 0.484. The number of hydrogen-bond acceptors (Lipinski definition) is 5. The zero-order valence-corrected chi connectivity index (χ0v) is 18.4. The molecule has 2 heterocycles. The van der Waals surface area contributed by atoms with Crippen LogP contribution in [0.15, 0.2) is 77.3 Å². The molecule has 2 atom stereocenters. The van der Waals surface area contributed by atoms with E-state index in [4.69, 9.17) is 4.74 Å². The first-order chi connectivity index (χ1) is 15.2. The number of carbonyl (C=O) groups excluding carboxylic acids is 1. The van der Waals surface area contributed by atoms with E-state index in [1.807, 2.05) is 24.3 Å². The third-order valence-corrected chi connectivity index (χ3v) is 6.98. The van der Waals surface area contributed by atoms with Gasteiger partial charge in [-0.2, -0.15) is 0 Å². The van der Waals surface area contributed by atoms with Crippen molar-refractivity contribution in [1.82, 2.24) is 0 Å². The summed E-state index contributed by atoms with van der Waals surface area (Å²) in [7, 11) is 0. The van der Waals surface area contributed by atoms with Crippen LogP contribution in [0.5, 0.6) is 5.75 Å². The van der Waals surface area contributed by atoms with Gasteiger partial charge in [0.2, 0.25) is 0 Å². The number of hydrogen-bond donors (Lipinski definition) is 2.